The van der Waals surface area contributed by atoms with Gasteiger partial charge in [0.05, 0.1) is 0 Å². The fourth-order valence-electron chi connectivity index (χ4n) is 3.72. The van der Waals surface area contributed by atoms with Gasteiger partial charge in [-0.1, -0.05) is 6.07 Å². The highest BCUT2D eigenvalue weighted by Crippen LogP contribution is 2.25. The van der Waals surface area contributed by atoms with Gasteiger partial charge in [-0.3, -0.25) is 9.88 Å². The van der Waals surface area contributed by atoms with E-state index < -0.39 is 0 Å². The molecule has 0 atom stereocenters. The Labute approximate surface area is 170 Å². The minimum absolute atomic E-state index is 0.741. The van der Waals surface area contributed by atoms with Crippen molar-refractivity contribution in [2.75, 3.05) is 18.4 Å². The summed E-state index contributed by atoms with van der Waals surface area (Å²) in [6, 6.07) is 8.61. The van der Waals surface area contributed by atoms with E-state index in [1.807, 2.05) is 25.5 Å². The molecule has 3 aromatic heterocycles. The van der Waals surface area contributed by atoms with Crippen molar-refractivity contribution in [1.29, 1.82) is 0 Å². The highest BCUT2D eigenvalue weighted by molar-refractivity contribution is 7.15. The van der Waals surface area contributed by atoms with Crippen LogP contribution < -0.4 is 5.32 Å². The van der Waals surface area contributed by atoms with Crippen molar-refractivity contribution in [1.82, 2.24) is 19.9 Å². The molecular weight excluding hydrogens is 366 g/mol. The molecule has 0 spiro atoms. The Morgan fingerprint density at radius 3 is 2.61 bits per heavy atom. The molecule has 0 radical (unpaired) electrons. The second kappa shape index (κ2) is 8.80. The third kappa shape index (κ3) is 5.14. The number of nitrogens with zero attached hydrogens (tertiary/aromatic N) is 4. The lowest BCUT2D eigenvalue weighted by Crippen LogP contribution is -2.33. The van der Waals surface area contributed by atoms with E-state index >= 15 is 0 Å². The number of thiazole rings is 1. The number of nitrogens with one attached hydrogen (secondary N) is 1. The second-order valence-corrected chi connectivity index (χ2v) is 8.92. The zero-order valence-corrected chi connectivity index (χ0v) is 17.4. The molecule has 1 saturated heterocycles. The average Bonchev–Trinajstić information content (AvgIpc) is 3.10. The summed E-state index contributed by atoms with van der Waals surface area (Å²) < 4.78 is 0. The molecule has 1 aliphatic rings. The van der Waals surface area contributed by atoms with E-state index in [9.17, 15) is 0 Å². The third-order valence-electron chi connectivity index (χ3n) is 5.29. The third-order valence-corrected chi connectivity index (χ3v) is 6.12. The van der Waals surface area contributed by atoms with Crippen LogP contribution in [0.5, 0.6) is 0 Å². The van der Waals surface area contributed by atoms with Crippen molar-refractivity contribution in [3.8, 4) is 0 Å². The maximum absolute atomic E-state index is 4.44. The minimum atomic E-state index is 0.741. The van der Waals surface area contributed by atoms with Crippen molar-refractivity contribution >= 4 is 22.3 Å². The second-order valence-electron chi connectivity index (χ2n) is 7.68. The van der Waals surface area contributed by atoms with Gasteiger partial charge >= 0.3 is 0 Å². The molecule has 0 unspecified atom stereocenters. The van der Waals surface area contributed by atoms with Gasteiger partial charge in [0, 0.05) is 35.7 Å². The van der Waals surface area contributed by atoms with Gasteiger partial charge in [-0.25, -0.2) is 9.97 Å². The first-order valence-electron chi connectivity index (χ1n) is 9.92. The fraction of sp³-hybridized carbons (Fsp3) is 0.409. The lowest BCUT2D eigenvalue weighted by atomic mass is 9.90. The van der Waals surface area contributed by atoms with Gasteiger partial charge in [-0.15, -0.1) is 11.3 Å². The van der Waals surface area contributed by atoms with E-state index in [4.69, 9.17) is 0 Å². The molecule has 0 aliphatic carbocycles. The Kier molecular flexibility index (Phi) is 5.98. The number of hydrogen-bond acceptors (Lipinski definition) is 6. The van der Waals surface area contributed by atoms with Crippen molar-refractivity contribution < 1.29 is 0 Å². The molecule has 6 heteroatoms. The minimum Gasteiger partial charge on any atom is -0.316 e. The number of hydrogen-bond donors (Lipinski definition) is 1. The summed E-state index contributed by atoms with van der Waals surface area (Å²) in [4.78, 5) is 17.0. The molecule has 0 aromatic carbocycles. The summed E-state index contributed by atoms with van der Waals surface area (Å²) in [6.07, 6.45) is 9.41. The van der Waals surface area contributed by atoms with E-state index in [2.05, 4.69) is 56.4 Å². The first-order valence-corrected chi connectivity index (χ1v) is 10.7. The Morgan fingerprint density at radius 2 is 1.89 bits per heavy atom. The van der Waals surface area contributed by atoms with Gasteiger partial charge < -0.3 is 5.32 Å². The highest BCUT2D eigenvalue weighted by atomic mass is 32.1. The molecule has 1 N–H and O–H groups in total. The van der Waals surface area contributed by atoms with Gasteiger partial charge in [-0.05, 0) is 81.4 Å². The lowest BCUT2D eigenvalue weighted by molar-refractivity contribution is 0.177. The SMILES string of the molecule is Cc1ccc(CN2CCC(Cc3ccnc(Nc4ncc(C)s4)c3)CC2)cn1. The largest absolute Gasteiger partial charge is 0.316 e. The van der Waals surface area contributed by atoms with Crippen molar-refractivity contribution in [3.05, 3.63) is 64.6 Å². The summed E-state index contributed by atoms with van der Waals surface area (Å²) in [5.41, 5.74) is 3.75. The zero-order valence-electron chi connectivity index (χ0n) is 16.6. The van der Waals surface area contributed by atoms with Crippen LogP contribution in [0, 0.1) is 19.8 Å². The molecule has 0 bridgehead atoms. The van der Waals surface area contributed by atoms with Crippen LogP contribution in [-0.2, 0) is 13.0 Å². The zero-order chi connectivity index (χ0) is 19.3. The average molecular weight is 394 g/mol. The summed E-state index contributed by atoms with van der Waals surface area (Å²) in [5, 5.41) is 4.23. The van der Waals surface area contributed by atoms with E-state index in [1.54, 1.807) is 11.3 Å². The first-order chi connectivity index (χ1) is 13.6. The van der Waals surface area contributed by atoms with Crippen LogP contribution in [0.2, 0.25) is 0 Å². The van der Waals surface area contributed by atoms with E-state index in [0.29, 0.717) is 0 Å². The Balaban J connectivity index is 1.28. The van der Waals surface area contributed by atoms with E-state index in [0.717, 1.165) is 48.6 Å². The smallest absolute Gasteiger partial charge is 0.188 e. The van der Waals surface area contributed by atoms with Crippen molar-refractivity contribution in [2.45, 2.75) is 39.7 Å². The quantitative estimate of drug-likeness (QED) is 0.655. The standard InChI is InChI=1S/C22H27N5S/c1-16-3-4-20(14-24-16)15-27-9-6-18(7-10-27)11-19-5-8-23-21(12-19)26-22-25-13-17(2)28-22/h3-5,8,12-14,18H,6-7,9-11,15H2,1-2H3,(H,23,25,26). The monoisotopic (exact) mass is 393 g/mol. The summed E-state index contributed by atoms with van der Waals surface area (Å²) in [6.45, 7) is 7.43. The van der Waals surface area contributed by atoms with Crippen LogP contribution in [0.15, 0.2) is 42.9 Å². The highest BCUT2D eigenvalue weighted by Gasteiger charge is 2.20. The van der Waals surface area contributed by atoms with E-state index in [-0.39, 0.29) is 0 Å². The van der Waals surface area contributed by atoms with Crippen LogP contribution >= 0.6 is 11.3 Å². The Bertz CT molecular complexity index is 897. The maximum Gasteiger partial charge on any atom is 0.188 e. The topological polar surface area (TPSA) is 53.9 Å². The summed E-state index contributed by atoms with van der Waals surface area (Å²) in [5.74, 6) is 1.63. The maximum atomic E-state index is 4.44. The molecule has 1 fully saturated rings. The Morgan fingerprint density at radius 1 is 1.04 bits per heavy atom. The van der Waals surface area contributed by atoms with Gasteiger partial charge in [-0.2, -0.15) is 0 Å². The van der Waals surface area contributed by atoms with Crippen LogP contribution in [0.4, 0.5) is 10.9 Å². The van der Waals surface area contributed by atoms with E-state index in [1.165, 1.54) is 28.8 Å². The van der Waals surface area contributed by atoms with Crippen molar-refractivity contribution in [2.24, 2.45) is 5.92 Å². The predicted molar refractivity (Wildman–Crippen MR) is 115 cm³/mol. The Hall–Kier alpha value is -2.31. The first kappa shape index (κ1) is 19.0. The summed E-state index contributed by atoms with van der Waals surface area (Å²) in [7, 11) is 0. The lowest BCUT2D eigenvalue weighted by Gasteiger charge is -2.32. The van der Waals surface area contributed by atoms with Crippen LogP contribution in [0.3, 0.4) is 0 Å². The number of aromatic nitrogens is 3. The molecule has 5 nitrogen and oxygen atoms in total. The van der Waals surface area contributed by atoms with Crippen LogP contribution in [0.1, 0.15) is 34.5 Å². The van der Waals surface area contributed by atoms with Crippen molar-refractivity contribution in [3.63, 3.8) is 0 Å². The molecule has 0 saturated carbocycles. The summed E-state index contributed by atoms with van der Waals surface area (Å²) >= 11 is 1.65. The van der Waals surface area contributed by atoms with Gasteiger partial charge in [0.15, 0.2) is 5.13 Å². The van der Waals surface area contributed by atoms with Crippen LogP contribution in [0.25, 0.3) is 0 Å². The molecule has 1 aliphatic heterocycles. The molecular formula is C22H27N5S. The van der Waals surface area contributed by atoms with Gasteiger partial charge in [0.1, 0.15) is 5.82 Å². The molecule has 4 heterocycles. The molecule has 28 heavy (non-hydrogen) atoms. The molecule has 4 rings (SSSR count). The number of aryl methyl sites for hydroxylation is 2. The normalized spacial score (nSPS) is 15.6. The fourth-order valence-corrected chi connectivity index (χ4v) is 4.40. The predicted octanol–water partition coefficient (Wildman–Crippen LogP) is 4.75. The number of rotatable bonds is 6. The molecule has 0 amide bonds. The van der Waals surface area contributed by atoms with Gasteiger partial charge in [0.25, 0.3) is 0 Å². The van der Waals surface area contributed by atoms with Gasteiger partial charge in [0.2, 0.25) is 0 Å². The number of pyridine rings is 2. The number of piperidine rings is 1. The molecule has 146 valence electrons. The molecule has 3 aromatic rings. The van der Waals surface area contributed by atoms with Crippen LogP contribution in [-0.4, -0.2) is 32.9 Å². The number of anilines is 2. The number of likely N-dealkylation sites (tertiary alicyclic amines) is 1.